The van der Waals surface area contributed by atoms with E-state index in [-0.39, 0.29) is 0 Å². The molecule has 2 atom stereocenters. The van der Waals surface area contributed by atoms with Crippen molar-refractivity contribution in [3.05, 3.63) is 33.8 Å². The maximum atomic E-state index is 10.3. The van der Waals surface area contributed by atoms with Crippen LogP contribution in [-0.4, -0.2) is 30.5 Å². The molecule has 1 aromatic rings. The quantitative estimate of drug-likeness (QED) is 0.899. The molecule has 1 fully saturated rings. The average molecular weight is 312 g/mol. The van der Waals surface area contributed by atoms with Gasteiger partial charge in [-0.15, -0.1) is 0 Å². The monoisotopic (exact) mass is 311 g/mol. The van der Waals surface area contributed by atoms with Gasteiger partial charge in [-0.2, -0.15) is 0 Å². The number of aliphatic hydroxyl groups is 1. The summed E-state index contributed by atoms with van der Waals surface area (Å²) < 4.78 is 6.47. The first-order valence-corrected chi connectivity index (χ1v) is 7.28. The van der Waals surface area contributed by atoms with Gasteiger partial charge >= 0.3 is 0 Å². The number of hydrogen-bond acceptors (Lipinski definition) is 3. The number of halogens is 1. The zero-order valence-electron chi connectivity index (χ0n) is 10.3. The summed E-state index contributed by atoms with van der Waals surface area (Å²) >= 11 is 3.61. The molecule has 1 aliphatic carbocycles. The molecular weight excluding hydrogens is 294 g/mol. The van der Waals surface area contributed by atoms with Crippen LogP contribution in [0.4, 0.5) is 0 Å². The lowest BCUT2D eigenvalue weighted by atomic mass is 10.0. The molecule has 2 aliphatic rings. The van der Waals surface area contributed by atoms with Crippen LogP contribution in [-0.2, 0) is 11.2 Å². The smallest absolute Gasteiger partial charge is 0.103 e. The summed E-state index contributed by atoms with van der Waals surface area (Å²) in [5, 5.41) is 13.8. The Morgan fingerprint density at radius 3 is 3.17 bits per heavy atom. The highest BCUT2D eigenvalue weighted by atomic mass is 79.9. The van der Waals surface area contributed by atoms with Gasteiger partial charge in [0.25, 0.3) is 0 Å². The van der Waals surface area contributed by atoms with Gasteiger partial charge < -0.3 is 15.2 Å². The standard InChI is InChI=1S/C14H18BrNO2/c15-12-3-1-2-11-10(12)4-5-13(11)16-8-14(17)6-7-18-9-14/h1-3,13,16-17H,4-9H2. The van der Waals surface area contributed by atoms with Crippen molar-refractivity contribution in [3.8, 4) is 0 Å². The maximum Gasteiger partial charge on any atom is 0.103 e. The highest BCUT2D eigenvalue weighted by Crippen LogP contribution is 2.35. The second kappa shape index (κ2) is 4.93. The Bertz CT molecular complexity index is 443. The molecule has 0 spiro atoms. The van der Waals surface area contributed by atoms with Crippen molar-refractivity contribution in [2.24, 2.45) is 0 Å². The molecule has 98 valence electrons. The Morgan fingerprint density at radius 2 is 2.39 bits per heavy atom. The number of rotatable bonds is 3. The Kier molecular flexibility index (Phi) is 3.45. The first-order valence-electron chi connectivity index (χ1n) is 6.49. The topological polar surface area (TPSA) is 41.5 Å². The number of benzene rings is 1. The van der Waals surface area contributed by atoms with E-state index in [0.717, 1.165) is 19.3 Å². The first-order chi connectivity index (χ1) is 8.68. The van der Waals surface area contributed by atoms with Crippen LogP contribution in [0.15, 0.2) is 22.7 Å². The van der Waals surface area contributed by atoms with Crippen LogP contribution in [0, 0.1) is 0 Å². The SMILES string of the molecule is OC1(CNC2CCc3c(Br)cccc32)CCOC1. The predicted octanol–water partition coefficient (Wildman–Crippen LogP) is 2.18. The molecule has 4 heteroatoms. The summed E-state index contributed by atoms with van der Waals surface area (Å²) in [7, 11) is 0. The predicted molar refractivity (Wildman–Crippen MR) is 73.6 cm³/mol. The van der Waals surface area contributed by atoms with Crippen molar-refractivity contribution in [2.45, 2.75) is 30.9 Å². The number of fused-ring (bicyclic) bond motifs is 1. The molecule has 0 radical (unpaired) electrons. The van der Waals surface area contributed by atoms with E-state index in [1.165, 1.54) is 15.6 Å². The van der Waals surface area contributed by atoms with Gasteiger partial charge in [0.15, 0.2) is 0 Å². The van der Waals surface area contributed by atoms with E-state index >= 15 is 0 Å². The lowest BCUT2D eigenvalue weighted by Crippen LogP contribution is -2.42. The molecule has 0 saturated carbocycles. The molecule has 2 N–H and O–H groups in total. The molecule has 1 aromatic carbocycles. The van der Waals surface area contributed by atoms with Crippen molar-refractivity contribution in [1.82, 2.24) is 5.32 Å². The van der Waals surface area contributed by atoms with Gasteiger partial charge in [0.05, 0.1) is 6.61 Å². The van der Waals surface area contributed by atoms with Crippen molar-refractivity contribution in [3.63, 3.8) is 0 Å². The van der Waals surface area contributed by atoms with E-state index in [4.69, 9.17) is 4.74 Å². The summed E-state index contributed by atoms with van der Waals surface area (Å²) in [4.78, 5) is 0. The van der Waals surface area contributed by atoms with Crippen molar-refractivity contribution in [1.29, 1.82) is 0 Å². The van der Waals surface area contributed by atoms with E-state index in [2.05, 4.69) is 39.4 Å². The molecule has 2 unspecified atom stereocenters. The van der Waals surface area contributed by atoms with Crippen molar-refractivity contribution in [2.75, 3.05) is 19.8 Å². The van der Waals surface area contributed by atoms with Gasteiger partial charge in [0.2, 0.25) is 0 Å². The number of nitrogens with one attached hydrogen (secondary N) is 1. The number of hydrogen-bond donors (Lipinski definition) is 2. The molecule has 0 aromatic heterocycles. The molecule has 1 heterocycles. The summed E-state index contributed by atoms with van der Waals surface area (Å²) in [5.41, 5.74) is 2.10. The first kappa shape index (κ1) is 12.6. The third-order valence-corrected chi connectivity index (χ3v) is 4.72. The fraction of sp³-hybridized carbons (Fsp3) is 0.571. The lowest BCUT2D eigenvalue weighted by Gasteiger charge is -2.24. The average Bonchev–Trinajstić information content (AvgIpc) is 2.95. The molecule has 1 saturated heterocycles. The minimum atomic E-state index is -0.672. The third-order valence-electron chi connectivity index (χ3n) is 3.97. The van der Waals surface area contributed by atoms with Crippen LogP contribution < -0.4 is 5.32 Å². The molecule has 1 aliphatic heterocycles. The van der Waals surface area contributed by atoms with Crippen molar-refractivity contribution >= 4 is 15.9 Å². The van der Waals surface area contributed by atoms with E-state index in [1.807, 2.05) is 0 Å². The highest BCUT2D eigenvalue weighted by molar-refractivity contribution is 9.10. The summed E-state index contributed by atoms with van der Waals surface area (Å²) in [6.45, 7) is 1.74. The number of ether oxygens (including phenoxy) is 1. The van der Waals surface area contributed by atoms with Gasteiger partial charge in [-0.3, -0.25) is 0 Å². The molecule has 3 rings (SSSR count). The third kappa shape index (κ3) is 2.35. The van der Waals surface area contributed by atoms with Crippen LogP contribution in [0.5, 0.6) is 0 Å². The van der Waals surface area contributed by atoms with E-state index in [0.29, 0.717) is 25.8 Å². The molecule has 3 nitrogen and oxygen atoms in total. The largest absolute Gasteiger partial charge is 0.386 e. The van der Waals surface area contributed by atoms with Crippen LogP contribution in [0.3, 0.4) is 0 Å². The van der Waals surface area contributed by atoms with Gasteiger partial charge in [-0.25, -0.2) is 0 Å². The van der Waals surface area contributed by atoms with Gasteiger partial charge in [-0.05, 0) is 30.0 Å². The van der Waals surface area contributed by atoms with E-state index < -0.39 is 5.60 Å². The van der Waals surface area contributed by atoms with Crippen LogP contribution >= 0.6 is 15.9 Å². The Labute approximate surface area is 116 Å². The lowest BCUT2D eigenvalue weighted by molar-refractivity contribution is 0.0248. The van der Waals surface area contributed by atoms with Crippen LogP contribution in [0.25, 0.3) is 0 Å². The molecule has 0 bridgehead atoms. The fourth-order valence-electron chi connectivity index (χ4n) is 2.87. The van der Waals surface area contributed by atoms with Crippen LogP contribution in [0.2, 0.25) is 0 Å². The second-order valence-corrected chi connectivity index (χ2v) is 6.16. The van der Waals surface area contributed by atoms with Gasteiger partial charge in [0.1, 0.15) is 5.60 Å². The summed E-state index contributed by atoms with van der Waals surface area (Å²) in [6, 6.07) is 6.72. The van der Waals surface area contributed by atoms with Gasteiger partial charge in [-0.1, -0.05) is 28.1 Å². The van der Waals surface area contributed by atoms with E-state index in [1.54, 1.807) is 0 Å². The Balaban J connectivity index is 1.68. The van der Waals surface area contributed by atoms with Crippen LogP contribution in [0.1, 0.15) is 30.0 Å². The fourth-order valence-corrected chi connectivity index (χ4v) is 3.45. The highest BCUT2D eigenvalue weighted by Gasteiger charge is 2.33. The maximum absolute atomic E-state index is 10.3. The molecule has 18 heavy (non-hydrogen) atoms. The zero-order valence-corrected chi connectivity index (χ0v) is 11.9. The minimum absolute atomic E-state index is 0.363. The summed E-state index contributed by atoms with van der Waals surface area (Å²) in [5.74, 6) is 0. The Morgan fingerprint density at radius 1 is 1.50 bits per heavy atom. The summed E-state index contributed by atoms with van der Waals surface area (Å²) in [6.07, 6.45) is 2.94. The molecular formula is C14H18BrNO2. The second-order valence-electron chi connectivity index (χ2n) is 5.31. The minimum Gasteiger partial charge on any atom is -0.386 e. The Hall–Kier alpha value is -0.420. The van der Waals surface area contributed by atoms with E-state index in [9.17, 15) is 5.11 Å². The normalized spacial score (nSPS) is 30.7. The van der Waals surface area contributed by atoms with Gasteiger partial charge in [0, 0.05) is 30.1 Å². The zero-order chi connectivity index (χ0) is 12.6. The molecule has 0 amide bonds. The van der Waals surface area contributed by atoms with Crippen molar-refractivity contribution < 1.29 is 9.84 Å².